The van der Waals surface area contributed by atoms with Gasteiger partial charge in [-0.05, 0) is 72.0 Å². The molecule has 6 aromatic rings. The van der Waals surface area contributed by atoms with Crippen molar-refractivity contribution in [2.24, 2.45) is 0 Å². The van der Waals surface area contributed by atoms with E-state index >= 15 is 0 Å². The number of fused-ring (bicyclic) bond motifs is 1. The van der Waals surface area contributed by atoms with Crippen molar-refractivity contribution in [2.75, 3.05) is 10.5 Å². The Balaban J connectivity index is 1.18. The number of aromatic nitrogens is 3. The summed E-state index contributed by atoms with van der Waals surface area (Å²) < 4.78 is 35.9. The number of aromatic amines is 1. The van der Waals surface area contributed by atoms with Crippen LogP contribution >= 0.6 is 11.8 Å². The number of nitrogens with zero attached hydrogens (tertiary/aromatic N) is 2. The third-order valence-corrected chi connectivity index (χ3v) is 9.13. The molecular formula is C33H28N4O3S2. The minimum atomic E-state index is -3.92. The fraction of sp³-hybridized carbons (Fsp3) is 0.0909. The van der Waals surface area contributed by atoms with Gasteiger partial charge in [0.05, 0.1) is 16.2 Å². The van der Waals surface area contributed by atoms with E-state index in [1.165, 1.54) is 5.56 Å². The molecule has 0 saturated carbocycles. The van der Waals surface area contributed by atoms with Gasteiger partial charge in [-0.2, -0.15) is 5.10 Å². The Morgan fingerprint density at radius 2 is 1.57 bits per heavy atom. The Hall–Kier alpha value is -4.60. The van der Waals surface area contributed by atoms with E-state index in [0.29, 0.717) is 21.7 Å². The van der Waals surface area contributed by atoms with Crippen molar-refractivity contribution in [1.29, 1.82) is 0 Å². The van der Waals surface area contributed by atoms with Crippen LogP contribution in [0.15, 0.2) is 131 Å². The molecule has 4 aromatic carbocycles. The van der Waals surface area contributed by atoms with Gasteiger partial charge < -0.3 is 4.74 Å². The standard InChI is InChI=1S/C33H28N4O3S2/c38-42(39,30-20-9-14-25-13-4-5-18-28(25)30)37-32-31(29-19-6-7-21-34-29)33(36-35-32)41-22-10-12-24-11-8-17-27(23-24)40-26-15-2-1-3-16-26/h1-9,11,13-21,23H,10,12,22H2,(H2,35,36,37). The molecule has 0 amide bonds. The molecular weight excluding hydrogens is 565 g/mol. The van der Waals surface area contributed by atoms with E-state index < -0.39 is 10.0 Å². The maximum atomic E-state index is 13.6. The second kappa shape index (κ2) is 12.5. The summed E-state index contributed by atoms with van der Waals surface area (Å²) in [6, 6.07) is 36.1. The average Bonchev–Trinajstić information content (AvgIpc) is 3.41. The van der Waals surface area contributed by atoms with Crippen molar-refractivity contribution in [3.63, 3.8) is 0 Å². The van der Waals surface area contributed by atoms with E-state index in [2.05, 4.69) is 32.0 Å². The topological polar surface area (TPSA) is 97.0 Å². The van der Waals surface area contributed by atoms with E-state index in [1.807, 2.05) is 84.9 Å². The molecule has 7 nitrogen and oxygen atoms in total. The summed E-state index contributed by atoms with van der Waals surface area (Å²) in [5, 5.41) is 9.60. The number of ether oxygens (including phenoxy) is 1. The summed E-state index contributed by atoms with van der Waals surface area (Å²) in [4.78, 5) is 4.70. The highest BCUT2D eigenvalue weighted by atomic mass is 32.2. The zero-order chi connectivity index (χ0) is 28.8. The van der Waals surface area contributed by atoms with Crippen LogP contribution < -0.4 is 9.46 Å². The average molecular weight is 593 g/mol. The van der Waals surface area contributed by atoms with Crippen LogP contribution in [0.1, 0.15) is 12.0 Å². The molecule has 0 bridgehead atoms. The van der Waals surface area contributed by atoms with Gasteiger partial charge in [0, 0.05) is 11.6 Å². The first-order valence-corrected chi connectivity index (χ1v) is 16.0. The SMILES string of the molecule is O=S(=O)(Nc1[nH]nc(SCCCc2cccc(Oc3ccccc3)c2)c1-c1ccccn1)c1cccc2ccccc12. The Morgan fingerprint density at radius 1 is 0.810 bits per heavy atom. The number of hydrogen-bond acceptors (Lipinski definition) is 6. The van der Waals surface area contributed by atoms with Gasteiger partial charge in [0.15, 0.2) is 0 Å². The maximum Gasteiger partial charge on any atom is 0.263 e. The van der Waals surface area contributed by atoms with Crippen molar-refractivity contribution in [3.8, 4) is 22.8 Å². The quantitative estimate of drug-likeness (QED) is 0.117. The monoisotopic (exact) mass is 592 g/mol. The first kappa shape index (κ1) is 27.6. The molecule has 0 aliphatic carbocycles. The number of rotatable bonds is 11. The lowest BCUT2D eigenvalue weighted by atomic mass is 10.1. The smallest absolute Gasteiger partial charge is 0.263 e. The molecule has 0 atom stereocenters. The third-order valence-electron chi connectivity index (χ3n) is 6.66. The van der Waals surface area contributed by atoms with Gasteiger partial charge in [0.1, 0.15) is 22.3 Å². The fourth-order valence-corrected chi connectivity index (χ4v) is 6.91. The molecule has 0 aliphatic heterocycles. The van der Waals surface area contributed by atoms with Crippen LogP contribution in [0.3, 0.4) is 0 Å². The predicted molar refractivity (Wildman–Crippen MR) is 169 cm³/mol. The number of thioether (sulfide) groups is 1. The molecule has 0 radical (unpaired) electrons. The molecule has 210 valence electrons. The molecule has 2 N–H and O–H groups in total. The second-order valence-electron chi connectivity index (χ2n) is 9.59. The number of pyridine rings is 1. The molecule has 42 heavy (non-hydrogen) atoms. The van der Waals surface area contributed by atoms with Gasteiger partial charge >= 0.3 is 0 Å². The van der Waals surface area contributed by atoms with Crippen molar-refractivity contribution < 1.29 is 13.2 Å². The van der Waals surface area contributed by atoms with Gasteiger partial charge in [0.25, 0.3) is 10.0 Å². The molecule has 6 rings (SSSR count). The normalized spacial score (nSPS) is 11.4. The zero-order valence-electron chi connectivity index (χ0n) is 22.6. The second-order valence-corrected chi connectivity index (χ2v) is 12.3. The Bertz CT molecular complexity index is 1910. The lowest BCUT2D eigenvalue weighted by Gasteiger charge is -2.11. The van der Waals surface area contributed by atoms with E-state index in [4.69, 9.17) is 4.74 Å². The number of para-hydroxylation sites is 1. The molecule has 0 saturated heterocycles. The Morgan fingerprint density at radius 3 is 2.43 bits per heavy atom. The van der Waals surface area contributed by atoms with Crippen LogP contribution in [0, 0.1) is 0 Å². The third kappa shape index (κ3) is 6.32. The molecule has 0 aliphatic rings. The van der Waals surface area contributed by atoms with Crippen LogP contribution in [0.4, 0.5) is 5.82 Å². The number of sulfonamides is 1. The Labute approximate surface area is 249 Å². The largest absolute Gasteiger partial charge is 0.457 e. The van der Waals surface area contributed by atoms with Crippen LogP contribution in [0.2, 0.25) is 0 Å². The molecule has 0 unspecified atom stereocenters. The summed E-state index contributed by atoms with van der Waals surface area (Å²) in [5.74, 6) is 2.68. The summed E-state index contributed by atoms with van der Waals surface area (Å²) in [5.41, 5.74) is 2.44. The highest BCUT2D eigenvalue weighted by molar-refractivity contribution is 7.99. The minimum absolute atomic E-state index is 0.204. The zero-order valence-corrected chi connectivity index (χ0v) is 24.2. The van der Waals surface area contributed by atoms with Crippen molar-refractivity contribution in [3.05, 3.63) is 127 Å². The van der Waals surface area contributed by atoms with E-state index in [9.17, 15) is 8.42 Å². The molecule has 9 heteroatoms. The minimum Gasteiger partial charge on any atom is -0.457 e. The predicted octanol–water partition coefficient (Wildman–Crippen LogP) is 7.94. The van der Waals surface area contributed by atoms with Gasteiger partial charge in [-0.1, -0.05) is 72.8 Å². The van der Waals surface area contributed by atoms with Crippen LogP contribution in [0.5, 0.6) is 11.5 Å². The fourth-order valence-electron chi connectivity index (χ4n) is 4.71. The molecule has 2 aromatic heterocycles. The van der Waals surface area contributed by atoms with Crippen LogP contribution in [-0.4, -0.2) is 29.4 Å². The molecule has 2 heterocycles. The van der Waals surface area contributed by atoms with Crippen molar-refractivity contribution >= 4 is 38.4 Å². The summed E-state index contributed by atoms with van der Waals surface area (Å²) in [7, 11) is -3.92. The molecule has 0 spiro atoms. The number of benzene rings is 4. The molecule has 0 fully saturated rings. The maximum absolute atomic E-state index is 13.6. The first-order valence-electron chi connectivity index (χ1n) is 13.5. The van der Waals surface area contributed by atoms with Crippen LogP contribution in [0.25, 0.3) is 22.0 Å². The summed E-state index contributed by atoms with van der Waals surface area (Å²) in [6.45, 7) is 0. The van der Waals surface area contributed by atoms with Gasteiger partial charge in [-0.25, -0.2) is 8.42 Å². The van der Waals surface area contributed by atoms with Gasteiger partial charge in [0.2, 0.25) is 0 Å². The van der Waals surface area contributed by atoms with E-state index in [-0.39, 0.29) is 10.7 Å². The van der Waals surface area contributed by atoms with Gasteiger partial charge in [-0.3, -0.25) is 14.8 Å². The van der Waals surface area contributed by atoms with E-state index in [1.54, 1.807) is 36.2 Å². The summed E-state index contributed by atoms with van der Waals surface area (Å²) >= 11 is 1.56. The highest BCUT2D eigenvalue weighted by Gasteiger charge is 2.23. The number of nitrogens with one attached hydrogen (secondary N) is 2. The van der Waals surface area contributed by atoms with Crippen molar-refractivity contribution in [2.45, 2.75) is 22.8 Å². The number of H-pyrrole nitrogens is 1. The van der Waals surface area contributed by atoms with E-state index in [0.717, 1.165) is 35.5 Å². The Kier molecular flexibility index (Phi) is 8.21. The number of hydrogen-bond donors (Lipinski definition) is 2. The van der Waals surface area contributed by atoms with Crippen LogP contribution in [-0.2, 0) is 16.4 Å². The van der Waals surface area contributed by atoms with Gasteiger partial charge in [-0.15, -0.1) is 11.8 Å². The lowest BCUT2D eigenvalue weighted by Crippen LogP contribution is -2.14. The van der Waals surface area contributed by atoms with Crippen molar-refractivity contribution in [1.82, 2.24) is 15.2 Å². The lowest BCUT2D eigenvalue weighted by molar-refractivity contribution is 0.482. The number of anilines is 1. The first-order chi connectivity index (χ1) is 20.6. The summed E-state index contributed by atoms with van der Waals surface area (Å²) in [6.07, 6.45) is 3.44. The number of aryl methyl sites for hydroxylation is 1. The highest BCUT2D eigenvalue weighted by Crippen LogP contribution is 2.36.